The van der Waals surface area contributed by atoms with E-state index >= 15 is 0 Å². The van der Waals surface area contributed by atoms with Gasteiger partial charge in [0.2, 0.25) is 0 Å². The van der Waals surface area contributed by atoms with Crippen molar-refractivity contribution >= 4 is 36.0 Å². The van der Waals surface area contributed by atoms with Crippen LogP contribution in [0, 0.1) is 5.92 Å². The van der Waals surface area contributed by atoms with Gasteiger partial charge >= 0.3 is 0 Å². The first-order chi connectivity index (χ1) is 16.2. The summed E-state index contributed by atoms with van der Waals surface area (Å²) in [5.74, 6) is 0.990. The van der Waals surface area contributed by atoms with Crippen LogP contribution in [0.4, 0.5) is 5.69 Å². The van der Waals surface area contributed by atoms with Crippen molar-refractivity contribution < 1.29 is 0 Å². The van der Waals surface area contributed by atoms with Crippen LogP contribution in [0.25, 0.3) is 18.4 Å². The molecule has 0 amide bonds. The van der Waals surface area contributed by atoms with Gasteiger partial charge in [0.05, 0.1) is 0 Å². The summed E-state index contributed by atoms with van der Waals surface area (Å²) in [4.78, 5) is 6.47. The number of rotatable bonds is 8. The first-order valence-corrected chi connectivity index (χ1v) is 13.2. The molecule has 1 N–H and O–H groups in total. The number of hydrogen-bond acceptors (Lipinski definition) is 4. The lowest BCUT2D eigenvalue weighted by Crippen LogP contribution is -2.46. The minimum Gasteiger partial charge on any atom is -0.369 e. The van der Waals surface area contributed by atoms with E-state index < -0.39 is 0 Å². The van der Waals surface area contributed by atoms with Crippen LogP contribution < -0.4 is 15.2 Å². The number of piperazine rings is 1. The highest BCUT2D eigenvalue weighted by Crippen LogP contribution is 2.39. The molecular weight excluding hydrogens is 422 g/mol. The van der Waals surface area contributed by atoms with Gasteiger partial charge in [0.1, 0.15) is 0 Å². The third kappa shape index (κ3) is 5.74. The molecule has 1 aliphatic heterocycles. The molecule has 1 saturated heterocycles. The SMILES string of the molecule is C=c1c(SNc2ccc(C(=C3CC3)N3CCN(CC4CC4)CC3)cc2)ccc/c1=C/C=C\C. The Morgan fingerprint density at radius 3 is 2.48 bits per heavy atom. The largest absolute Gasteiger partial charge is 0.369 e. The topological polar surface area (TPSA) is 18.5 Å². The fourth-order valence-corrected chi connectivity index (χ4v) is 5.33. The van der Waals surface area contributed by atoms with Crippen molar-refractivity contribution in [2.75, 3.05) is 37.4 Å². The lowest BCUT2D eigenvalue weighted by molar-refractivity contribution is 0.170. The lowest BCUT2D eigenvalue weighted by Gasteiger charge is -2.37. The molecule has 2 aliphatic carbocycles. The van der Waals surface area contributed by atoms with Gasteiger partial charge in [-0.3, -0.25) is 4.90 Å². The Hall–Kier alpha value is -2.43. The van der Waals surface area contributed by atoms with Crippen LogP contribution in [0.1, 0.15) is 38.2 Å². The molecule has 0 bridgehead atoms. The van der Waals surface area contributed by atoms with Crippen LogP contribution in [-0.2, 0) is 0 Å². The molecule has 2 aromatic carbocycles. The van der Waals surface area contributed by atoms with E-state index in [1.165, 1.54) is 56.6 Å². The monoisotopic (exact) mass is 457 g/mol. The zero-order chi connectivity index (χ0) is 22.6. The molecule has 3 nitrogen and oxygen atoms in total. The Labute approximate surface area is 202 Å². The predicted molar refractivity (Wildman–Crippen MR) is 143 cm³/mol. The van der Waals surface area contributed by atoms with Crippen molar-refractivity contribution in [1.29, 1.82) is 0 Å². The molecule has 0 spiro atoms. The average molecular weight is 458 g/mol. The molecular formula is C29H35N3S. The third-order valence-corrected chi connectivity index (χ3v) is 7.75. The molecule has 2 aromatic rings. The minimum atomic E-state index is 0.990. The van der Waals surface area contributed by atoms with Gasteiger partial charge in [-0.15, -0.1) is 0 Å². The van der Waals surface area contributed by atoms with Gasteiger partial charge in [0, 0.05) is 49.0 Å². The number of nitrogens with zero attached hydrogens (tertiary/aromatic N) is 2. The van der Waals surface area contributed by atoms with Gasteiger partial charge in [-0.25, -0.2) is 0 Å². The van der Waals surface area contributed by atoms with E-state index in [0.717, 1.165) is 40.0 Å². The summed E-state index contributed by atoms with van der Waals surface area (Å²) in [6, 6.07) is 15.3. The second kappa shape index (κ2) is 10.2. The fourth-order valence-electron chi connectivity index (χ4n) is 4.57. The summed E-state index contributed by atoms with van der Waals surface area (Å²) in [6.45, 7) is 12.4. The molecule has 1 heterocycles. The number of hydrogen-bond donors (Lipinski definition) is 1. The summed E-state index contributed by atoms with van der Waals surface area (Å²) >= 11 is 1.63. The maximum absolute atomic E-state index is 4.28. The minimum absolute atomic E-state index is 0.990. The zero-order valence-electron chi connectivity index (χ0n) is 19.7. The molecule has 5 rings (SSSR count). The van der Waals surface area contributed by atoms with Gasteiger partial charge in [-0.05, 0) is 90.2 Å². The van der Waals surface area contributed by atoms with Gasteiger partial charge in [0.25, 0.3) is 0 Å². The molecule has 2 saturated carbocycles. The zero-order valence-corrected chi connectivity index (χ0v) is 20.5. The molecule has 3 fully saturated rings. The Bertz CT molecular complexity index is 1130. The van der Waals surface area contributed by atoms with E-state index in [9.17, 15) is 0 Å². The molecule has 3 aliphatic rings. The van der Waals surface area contributed by atoms with E-state index in [2.05, 4.69) is 75.7 Å². The first-order valence-electron chi connectivity index (χ1n) is 12.3. The van der Waals surface area contributed by atoms with Crippen LogP contribution in [0.5, 0.6) is 0 Å². The van der Waals surface area contributed by atoms with Crippen LogP contribution in [0.2, 0.25) is 0 Å². The van der Waals surface area contributed by atoms with E-state index in [1.807, 2.05) is 13.0 Å². The highest BCUT2D eigenvalue weighted by atomic mass is 32.2. The number of anilines is 1. The van der Waals surface area contributed by atoms with Crippen molar-refractivity contribution in [1.82, 2.24) is 9.80 Å². The smallest absolute Gasteiger partial charge is 0.0443 e. The highest BCUT2D eigenvalue weighted by Gasteiger charge is 2.29. The average Bonchev–Trinajstić information content (AvgIpc) is 3.76. The summed E-state index contributed by atoms with van der Waals surface area (Å²) in [6.07, 6.45) is 11.6. The summed E-state index contributed by atoms with van der Waals surface area (Å²) in [5.41, 5.74) is 5.64. The molecule has 33 heavy (non-hydrogen) atoms. The van der Waals surface area contributed by atoms with Crippen molar-refractivity contribution in [3.05, 3.63) is 76.2 Å². The van der Waals surface area contributed by atoms with E-state index in [1.54, 1.807) is 17.5 Å². The molecule has 0 radical (unpaired) electrons. The van der Waals surface area contributed by atoms with E-state index in [0.29, 0.717) is 0 Å². The van der Waals surface area contributed by atoms with Gasteiger partial charge in [-0.1, -0.05) is 49.1 Å². The van der Waals surface area contributed by atoms with Gasteiger partial charge in [0.15, 0.2) is 0 Å². The van der Waals surface area contributed by atoms with Crippen LogP contribution in [0.3, 0.4) is 0 Å². The van der Waals surface area contributed by atoms with E-state index in [-0.39, 0.29) is 0 Å². The van der Waals surface area contributed by atoms with E-state index in [4.69, 9.17) is 0 Å². The Morgan fingerprint density at radius 1 is 1.06 bits per heavy atom. The Morgan fingerprint density at radius 2 is 1.82 bits per heavy atom. The third-order valence-electron chi connectivity index (χ3n) is 6.81. The molecule has 4 heteroatoms. The number of nitrogens with one attached hydrogen (secondary N) is 1. The second-order valence-corrected chi connectivity index (χ2v) is 10.3. The maximum atomic E-state index is 4.28. The predicted octanol–water partition coefficient (Wildman–Crippen LogP) is 5.11. The molecule has 0 atom stereocenters. The Balaban J connectivity index is 1.23. The molecule has 172 valence electrons. The maximum Gasteiger partial charge on any atom is 0.0443 e. The summed E-state index contributed by atoms with van der Waals surface area (Å²) in [7, 11) is 0. The summed E-state index contributed by atoms with van der Waals surface area (Å²) < 4.78 is 3.51. The van der Waals surface area contributed by atoms with Crippen LogP contribution in [0.15, 0.2) is 65.1 Å². The Kier molecular flexibility index (Phi) is 6.93. The van der Waals surface area contributed by atoms with Crippen molar-refractivity contribution in [2.45, 2.75) is 37.5 Å². The van der Waals surface area contributed by atoms with Crippen LogP contribution in [-0.4, -0.2) is 42.5 Å². The quantitative estimate of drug-likeness (QED) is 0.555. The normalized spacial score (nSPS) is 19.4. The number of benzene rings is 2. The van der Waals surface area contributed by atoms with Gasteiger partial charge in [-0.2, -0.15) is 0 Å². The lowest BCUT2D eigenvalue weighted by atomic mass is 10.1. The highest BCUT2D eigenvalue weighted by molar-refractivity contribution is 8.00. The van der Waals surface area contributed by atoms with Crippen LogP contribution >= 0.6 is 11.9 Å². The first kappa shape index (κ1) is 22.4. The van der Waals surface area contributed by atoms with Crippen molar-refractivity contribution in [3.8, 4) is 0 Å². The fraction of sp³-hybridized carbons (Fsp3) is 0.379. The van der Waals surface area contributed by atoms with Crippen molar-refractivity contribution in [3.63, 3.8) is 0 Å². The van der Waals surface area contributed by atoms with Crippen molar-refractivity contribution in [2.24, 2.45) is 5.92 Å². The molecule has 0 unspecified atom stereocenters. The number of allylic oxidation sites excluding steroid dienone is 3. The molecule has 0 aromatic heterocycles. The standard InChI is InChI=1S/C29H35N3S/c1-3-4-6-24-7-5-8-28(22(24)2)33-30-27-15-13-26(14-16-27)29(25-11-12-25)32-19-17-31(18-20-32)21-23-9-10-23/h3-8,13-16,23,30H,2,9-12,17-21H2,1H3/b4-3-,24-6-. The van der Waals surface area contributed by atoms with Gasteiger partial charge < -0.3 is 9.62 Å². The second-order valence-electron chi connectivity index (χ2n) is 9.48. The summed E-state index contributed by atoms with van der Waals surface area (Å²) in [5, 5.41) is 2.22.